The molecule has 1 aromatic rings. The number of fused-ring (bicyclic) bond motifs is 1. The number of carbonyl (C=O) groups excluding carboxylic acids is 1. The van der Waals surface area contributed by atoms with E-state index in [0.29, 0.717) is 25.3 Å². The van der Waals surface area contributed by atoms with Crippen molar-refractivity contribution >= 4 is 15.7 Å². The molecule has 0 radical (unpaired) electrons. The standard InChI is InChI=1S/C14H19NO5S/c1-21(17,18)9-7-14(16)15-8-6-11-10-19-12-4-2-3-5-13(12)20-11/h2-5,11H,6-10H2,1H3,(H,15,16). The van der Waals surface area contributed by atoms with Crippen molar-refractivity contribution in [3.63, 3.8) is 0 Å². The van der Waals surface area contributed by atoms with Crippen LogP contribution in [0.1, 0.15) is 12.8 Å². The van der Waals surface area contributed by atoms with Gasteiger partial charge in [0.05, 0.1) is 5.75 Å². The van der Waals surface area contributed by atoms with Gasteiger partial charge in [0.2, 0.25) is 5.91 Å². The zero-order valence-electron chi connectivity index (χ0n) is 11.9. The van der Waals surface area contributed by atoms with Gasteiger partial charge < -0.3 is 14.8 Å². The fourth-order valence-corrected chi connectivity index (χ4v) is 2.50. The highest BCUT2D eigenvalue weighted by Crippen LogP contribution is 2.31. The molecule has 0 saturated heterocycles. The number of ether oxygens (including phenoxy) is 2. The number of hydrogen-bond donors (Lipinski definition) is 1. The predicted octanol–water partition coefficient (Wildman–Crippen LogP) is 0.767. The van der Waals surface area contributed by atoms with Crippen molar-refractivity contribution in [2.45, 2.75) is 18.9 Å². The first-order chi connectivity index (χ1) is 9.94. The van der Waals surface area contributed by atoms with Gasteiger partial charge >= 0.3 is 0 Å². The molecule has 6 nitrogen and oxygen atoms in total. The minimum absolute atomic E-state index is 0.0102. The summed E-state index contributed by atoms with van der Waals surface area (Å²) in [7, 11) is -3.10. The average Bonchev–Trinajstić information content (AvgIpc) is 2.44. The maximum atomic E-state index is 11.5. The molecule has 0 saturated carbocycles. The third-order valence-corrected chi connectivity index (χ3v) is 4.00. The minimum Gasteiger partial charge on any atom is -0.486 e. The topological polar surface area (TPSA) is 81.7 Å². The lowest BCUT2D eigenvalue weighted by Gasteiger charge is -2.26. The quantitative estimate of drug-likeness (QED) is 0.839. The van der Waals surface area contributed by atoms with Gasteiger partial charge in [-0.1, -0.05) is 12.1 Å². The second-order valence-electron chi connectivity index (χ2n) is 5.02. The zero-order valence-corrected chi connectivity index (χ0v) is 12.7. The van der Waals surface area contributed by atoms with Gasteiger partial charge in [-0.3, -0.25) is 4.79 Å². The Labute approximate surface area is 124 Å². The van der Waals surface area contributed by atoms with Crippen LogP contribution in [0.3, 0.4) is 0 Å². The SMILES string of the molecule is CS(=O)(=O)CCC(=O)NCCC1COc2ccccc2O1. The second-order valence-corrected chi connectivity index (χ2v) is 7.28. The lowest BCUT2D eigenvalue weighted by Crippen LogP contribution is -2.34. The normalized spacial score (nSPS) is 17.3. The van der Waals surface area contributed by atoms with Crippen LogP contribution >= 0.6 is 0 Å². The molecule has 21 heavy (non-hydrogen) atoms. The molecule has 2 rings (SSSR count). The maximum Gasteiger partial charge on any atom is 0.221 e. The van der Waals surface area contributed by atoms with Crippen LogP contribution in [-0.2, 0) is 14.6 Å². The largest absolute Gasteiger partial charge is 0.486 e. The van der Waals surface area contributed by atoms with Crippen molar-refractivity contribution in [2.75, 3.05) is 25.2 Å². The van der Waals surface area contributed by atoms with E-state index in [1.807, 2.05) is 24.3 Å². The van der Waals surface area contributed by atoms with Gasteiger partial charge in [0.25, 0.3) is 0 Å². The summed E-state index contributed by atoms with van der Waals surface area (Å²) in [6, 6.07) is 7.44. The van der Waals surface area contributed by atoms with Crippen molar-refractivity contribution in [1.82, 2.24) is 5.32 Å². The molecular formula is C14H19NO5S. The smallest absolute Gasteiger partial charge is 0.221 e. The van der Waals surface area contributed by atoms with E-state index in [0.717, 1.165) is 12.0 Å². The Kier molecular flexibility index (Phi) is 5.06. The summed E-state index contributed by atoms with van der Waals surface area (Å²) in [6.07, 6.45) is 1.60. The Morgan fingerprint density at radius 1 is 1.33 bits per heavy atom. The summed E-state index contributed by atoms with van der Waals surface area (Å²) in [6.45, 7) is 0.870. The molecule has 1 amide bonds. The molecule has 0 fully saturated rings. The number of sulfone groups is 1. The van der Waals surface area contributed by atoms with Gasteiger partial charge in [0.15, 0.2) is 11.5 Å². The van der Waals surface area contributed by atoms with Gasteiger partial charge in [0.1, 0.15) is 22.5 Å². The summed E-state index contributed by atoms with van der Waals surface area (Å²) >= 11 is 0. The van der Waals surface area contributed by atoms with Crippen molar-refractivity contribution in [1.29, 1.82) is 0 Å². The summed E-state index contributed by atoms with van der Waals surface area (Å²) < 4.78 is 33.2. The van der Waals surface area contributed by atoms with Crippen molar-refractivity contribution in [2.24, 2.45) is 0 Å². The van der Waals surface area contributed by atoms with E-state index in [4.69, 9.17) is 9.47 Å². The van der Waals surface area contributed by atoms with Crippen molar-refractivity contribution < 1.29 is 22.7 Å². The first-order valence-corrected chi connectivity index (χ1v) is 8.83. The Hall–Kier alpha value is -1.76. The van der Waals surface area contributed by atoms with E-state index in [-0.39, 0.29) is 24.2 Å². The molecule has 1 aromatic carbocycles. The summed E-state index contributed by atoms with van der Waals surface area (Å²) in [4.78, 5) is 11.5. The molecule has 0 spiro atoms. The molecule has 7 heteroatoms. The van der Waals surface area contributed by atoms with Crippen LogP contribution in [-0.4, -0.2) is 45.6 Å². The van der Waals surface area contributed by atoms with Gasteiger partial charge in [-0.05, 0) is 12.1 Å². The van der Waals surface area contributed by atoms with E-state index < -0.39 is 9.84 Å². The molecule has 1 N–H and O–H groups in total. The molecule has 0 aliphatic carbocycles. The summed E-state index contributed by atoms with van der Waals surface area (Å²) in [5, 5.41) is 2.69. The molecule has 0 aromatic heterocycles. The van der Waals surface area contributed by atoms with Crippen LogP contribution in [0.5, 0.6) is 11.5 Å². The number of hydrogen-bond acceptors (Lipinski definition) is 5. The number of para-hydroxylation sites is 2. The van der Waals surface area contributed by atoms with E-state index in [2.05, 4.69) is 5.32 Å². The Balaban J connectivity index is 1.69. The van der Waals surface area contributed by atoms with Crippen molar-refractivity contribution in [3.8, 4) is 11.5 Å². The van der Waals surface area contributed by atoms with Crippen LogP contribution in [0.4, 0.5) is 0 Å². The highest BCUT2D eigenvalue weighted by Gasteiger charge is 2.20. The average molecular weight is 313 g/mol. The van der Waals surface area contributed by atoms with Crippen LogP contribution in [0, 0.1) is 0 Å². The molecule has 116 valence electrons. The molecule has 1 aliphatic heterocycles. The van der Waals surface area contributed by atoms with Gasteiger partial charge in [-0.15, -0.1) is 0 Å². The second kappa shape index (κ2) is 6.80. The van der Waals surface area contributed by atoms with Gasteiger partial charge in [-0.2, -0.15) is 0 Å². The minimum atomic E-state index is -3.10. The first-order valence-electron chi connectivity index (χ1n) is 6.77. The van der Waals surface area contributed by atoms with Crippen molar-refractivity contribution in [3.05, 3.63) is 24.3 Å². The molecule has 1 unspecified atom stereocenters. The number of nitrogens with one attached hydrogen (secondary N) is 1. The third kappa shape index (κ3) is 5.26. The number of carbonyl (C=O) groups is 1. The highest BCUT2D eigenvalue weighted by atomic mass is 32.2. The van der Waals surface area contributed by atoms with E-state index in [9.17, 15) is 13.2 Å². The molecular weight excluding hydrogens is 294 g/mol. The van der Waals surface area contributed by atoms with E-state index >= 15 is 0 Å². The fourth-order valence-electron chi connectivity index (χ4n) is 1.94. The van der Waals surface area contributed by atoms with Crippen LogP contribution in [0.25, 0.3) is 0 Å². The Morgan fingerprint density at radius 3 is 2.76 bits per heavy atom. The third-order valence-electron chi connectivity index (χ3n) is 3.06. The number of benzene rings is 1. The summed E-state index contributed by atoms with van der Waals surface area (Å²) in [5.41, 5.74) is 0. The van der Waals surface area contributed by atoms with Crippen LogP contribution in [0.2, 0.25) is 0 Å². The monoisotopic (exact) mass is 313 g/mol. The fraction of sp³-hybridized carbons (Fsp3) is 0.500. The Bertz CT molecular complexity index is 599. The Morgan fingerprint density at radius 2 is 2.05 bits per heavy atom. The van der Waals surface area contributed by atoms with E-state index in [1.165, 1.54) is 0 Å². The predicted molar refractivity (Wildman–Crippen MR) is 78.3 cm³/mol. The lowest BCUT2D eigenvalue weighted by atomic mass is 10.2. The van der Waals surface area contributed by atoms with Crippen LogP contribution in [0.15, 0.2) is 24.3 Å². The molecule has 1 heterocycles. The van der Waals surface area contributed by atoms with E-state index in [1.54, 1.807) is 0 Å². The van der Waals surface area contributed by atoms with Crippen LogP contribution < -0.4 is 14.8 Å². The maximum absolute atomic E-state index is 11.5. The molecule has 1 atom stereocenters. The zero-order chi connectivity index (χ0) is 15.3. The van der Waals surface area contributed by atoms with Gasteiger partial charge in [-0.25, -0.2) is 8.42 Å². The highest BCUT2D eigenvalue weighted by molar-refractivity contribution is 7.90. The summed E-state index contributed by atoms with van der Waals surface area (Å²) in [5.74, 6) is 1.04. The first kappa shape index (κ1) is 15.6. The molecule has 1 aliphatic rings. The lowest BCUT2D eigenvalue weighted by molar-refractivity contribution is -0.120. The van der Waals surface area contributed by atoms with Gasteiger partial charge in [0, 0.05) is 25.6 Å². The number of rotatable bonds is 6. The molecule has 0 bridgehead atoms. The number of amides is 1.